The van der Waals surface area contributed by atoms with Crippen molar-refractivity contribution in [3.8, 4) is 5.75 Å². The van der Waals surface area contributed by atoms with Crippen molar-refractivity contribution in [2.45, 2.75) is 56.8 Å². The van der Waals surface area contributed by atoms with E-state index in [4.69, 9.17) is 11.5 Å². The molecule has 1 aliphatic heterocycles. The zero-order chi connectivity index (χ0) is 31.7. The van der Waals surface area contributed by atoms with Gasteiger partial charge in [-0.05, 0) is 49.4 Å². The van der Waals surface area contributed by atoms with Gasteiger partial charge in [0.15, 0.2) is 0 Å². The van der Waals surface area contributed by atoms with Gasteiger partial charge in [0.2, 0.25) is 29.5 Å². The van der Waals surface area contributed by atoms with Crippen molar-refractivity contribution in [3.63, 3.8) is 0 Å². The van der Waals surface area contributed by atoms with E-state index in [-0.39, 0.29) is 30.8 Å². The molecule has 0 unspecified atom stereocenters. The molecule has 15 heteroatoms. The Kier molecular flexibility index (Phi) is 11.1. The van der Waals surface area contributed by atoms with Crippen LogP contribution in [0.4, 0.5) is 5.69 Å². The molecule has 1 saturated heterocycles. The highest BCUT2D eigenvalue weighted by atomic mass is 16.6. The third-order valence-electron chi connectivity index (χ3n) is 6.99. The van der Waals surface area contributed by atoms with E-state index < -0.39 is 65.2 Å². The summed E-state index contributed by atoms with van der Waals surface area (Å²) in [5.41, 5.74) is 12.5. The summed E-state index contributed by atoms with van der Waals surface area (Å²) in [6, 6.07) is 7.64. The number of rotatable bonds is 13. The summed E-state index contributed by atoms with van der Waals surface area (Å²) in [5.74, 6) is -3.13. The Morgan fingerprint density at radius 1 is 1.00 bits per heavy atom. The van der Waals surface area contributed by atoms with Crippen LogP contribution in [0, 0.1) is 10.1 Å². The number of aromatic hydroxyl groups is 1. The van der Waals surface area contributed by atoms with Gasteiger partial charge in [-0.1, -0.05) is 24.3 Å². The number of phenols is 1. The molecule has 3 rings (SSSR count). The van der Waals surface area contributed by atoms with Crippen LogP contribution in [-0.4, -0.2) is 81.7 Å². The standard InChI is InChI=1S/C28H35N7O8/c1-16(32-27(40)21(29)13-17-6-10-20(36)11-7-17)26(39)31-15-24(37)33-22(14-18-4-8-19(9-5-18)35(42)43)28(41)34-12-2-3-23(34)25(30)38/h4-11,16,21-23,36H,2-3,12-15,29H2,1H3,(H2,30,38)(H,31,39)(H,32,40)(H,33,37)/t16-,21+,22+,23+/m1/s1. The quantitative estimate of drug-likeness (QED) is 0.122. The van der Waals surface area contributed by atoms with E-state index in [2.05, 4.69) is 16.0 Å². The number of amides is 5. The van der Waals surface area contributed by atoms with Gasteiger partial charge >= 0.3 is 0 Å². The van der Waals surface area contributed by atoms with Crippen LogP contribution in [-0.2, 0) is 36.8 Å². The van der Waals surface area contributed by atoms with Crippen molar-refractivity contribution < 1.29 is 34.0 Å². The second-order valence-electron chi connectivity index (χ2n) is 10.3. The fraction of sp³-hybridized carbons (Fsp3) is 0.393. The predicted octanol–water partition coefficient (Wildman–Crippen LogP) is -1.01. The summed E-state index contributed by atoms with van der Waals surface area (Å²) in [7, 11) is 0. The van der Waals surface area contributed by atoms with E-state index >= 15 is 0 Å². The maximum atomic E-state index is 13.4. The predicted molar refractivity (Wildman–Crippen MR) is 153 cm³/mol. The molecule has 5 amide bonds. The Balaban J connectivity index is 1.59. The number of nitrogens with two attached hydrogens (primary N) is 2. The topological polar surface area (TPSA) is 240 Å². The number of phenolic OH excluding ortho intramolecular Hbond substituents is 1. The van der Waals surface area contributed by atoms with Gasteiger partial charge in [-0.15, -0.1) is 0 Å². The minimum Gasteiger partial charge on any atom is -0.508 e. The number of non-ortho nitro benzene ring substituents is 1. The number of nitro groups is 1. The van der Waals surface area contributed by atoms with Gasteiger partial charge in [0.1, 0.15) is 23.9 Å². The van der Waals surface area contributed by atoms with E-state index in [0.717, 1.165) is 0 Å². The number of carbonyl (C=O) groups is 5. The molecular weight excluding hydrogens is 562 g/mol. The molecule has 230 valence electrons. The summed E-state index contributed by atoms with van der Waals surface area (Å²) in [4.78, 5) is 74.8. The lowest BCUT2D eigenvalue weighted by Crippen LogP contribution is -2.55. The maximum Gasteiger partial charge on any atom is 0.269 e. The van der Waals surface area contributed by atoms with Crippen molar-refractivity contribution in [2.24, 2.45) is 11.5 Å². The summed E-state index contributed by atoms with van der Waals surface area (Å²) >= 11 is 0. The largest absolute Gasteiger partial charge is 0.508 e. The molecule has 1 fully saturated rings. The zero-order valence-corrected chi connectivity index (χ0v) is 23.5. The molecule has 1 aliphatic rings. The third kappa shape index (κ3) is 9.22. The average Bonchev–Trinajstić information content (AvgIpc) is 3.47. The number of carbonyl (C=O) groups excluding carboxylic acids is 5. The first-order chi connectivity index (χ1) is 20.3. The Bertz CT molecular complexity index is 1350. The molecule has 0 radical (unpaired) electrons. The fourth-order valence-electron chi connectivity index (χ4n) is 4.65. The van der Waals surface area contributed by atoms with E-state index in [1.807, 2.05) is 0 Å². The molecular formula is C28H35N7O8. The smallest absolute Gasteiger partial charge is 0.269 e. The minimum absolute atomic E-state index is 0.0378. The fourth-order valence-corrected chi connectivity index (χ4v) is 4.65. The average molecular weight is 598 g/mol. The van der Waals surface area contributed by atoms with Gasteiger partial charge in [-0.2, -0.15) is 0 Å². The molecule has 43 heavy (non-hydrogen) atoms. The monoisotopic (exact) mass is 597 g/mol. The van der Waals surface area contributed by atoms with Gasteiger partial charge in [0, 0.05) is 25.1 Å². The number of nitrogens with zero attached hydrogens (tertiary/aromatic N) is 2. The van der Waals surface area contributed by atoms with E-state index in [0.29, 0.717) is 24.0 Å². The van der Waals surface area contributed by atoms with E-state index in [9.17, 15) is 39.2 Å². The number of hydrogen-bond acceptors (Lipinski definition) is 9. The van der Waals surface area contributed by atoms with E-state index in [1.165, 1.54) is 48.2 Å². The molecule has 2 aromatic carbocycles. The maximum absolute atomic E-state index is 13.4. The number of primary amides is 1. The normalized spacial score (nSPS) is 16.4. The SMILES string of the molecule is C[C@@H](NC(=O)[C@@H](N)Cc1ccc(O)cc1)C(=O)NCC(=O)N[C@@H](Cc1ccc([N+](=O)[O-])cc1)C(=O)N1CCC[C@H]1C(N)=O. The highest BCUT2D eigenvalue weighted by Gasteiger charge is 2.36. The van der Waals surface area contributed by atoms with Gasteiger partial charge in [0.05, 0.1) is 17.5 Å². The third-order valence-corrected chi connectivity index (χ3v) is 6.99. The first-order valence-electron chi connectivity index (χ1n) is 13.6. The Morgan fingerprint density at radius 3 is 2.21 bits per heavy atom. The molecule has 0 saturated carbocycles. The first-order valence-corrected chi connectivity index (χ1v) is 13.6. The van der Waals surface area contributed by atoms with Crippen LogP contribution < -0.4 is 27.4 Å². The molecule has 1 heterocycles. The Labute approximate surface area is 247 Å². The van der Waals surface area contributed by atoms with Crippen LogP contribution in [0.2, 0.25) is 0 Å². The van der Waals surface area contributed by atoms with E-state index in [1.54, 1.807) is 12.1 Å². The summed E-state index contributed by atoms with van der Waals surface area (Å²) in [6.07, 6.45) is 1.07. The zero-order valence-electron chi connectivity index (χ0n) is 23.5. The van der Waals surface area contributed by atoms with Crippen LogP contribution in [0.3, 0.4) is 0 Å². The van der Waals surface area contributed by atoms with Crippen LogP contribution in [0.1, 0.15) is 30.9 Å². The number of benzene rings is 2. The molecule has 4 atom stereocenters. The van der Waals surface area contributed by atoms with Gasteiger partial charge in [-0.25, -0.2) is 0 Å². The lowest BCUT2D eigenvalue weighted by molar-refractivity contribution is -0.384. The number of nitro benzene ring substituents is 1. The molecule has 0 bridgehead atoms. The first kappa shape index (κ1) is 32.5. The second kappa shape index (κ2) is 14.7. The number of hydrogen-bond donors (Lipinski definition) is 6. The molecule has 2 aromatic rings. The molecule has 0 aliphatic carbocycles. The van der Waals surface area contributed by atoms with Crippen molar-refractivity contribution in [1.82, 2.24) is 20.9 Å². The van der Waals surface area contributed by atoms with Gasteiger partial charge in [-0.3, -0.25) is 34.1 Å². The summed E-state index contributed by atoms with van der Waals surface area (Å²) < 4.78 is 0. The molecule has 15 nitrogen and oxygen atoms in total. The van der Waals surface area contributed by atoms with Crippen LogP contribution in [0.25, 0.3) is 0 Å². The van der Waals surface area contributed by atoms with Crippen molar-refractivity contribution >= 4 is 35.2 Å². The molecule has 0 spiro atoms. The van der Waals surface area contributed by atoms with Crippen LogP contribution in [0.15, 0.2) is 48.5 Å². The van der Waals surface area contributed by atoms with Crippen LogP contribution >= 0.6 is 0 Å². The lowest BCUT2D eigenvalue weighted by atomic mass is 10.0. The number of nitrogens with one attached hydrogen (secondary N) is 3. The molecule has 8 N–H and O–H groups in total. The highest BCUT2D eigenvalue weighted by molar-refractivity contribution is 5.94. The summed E-state index contributed by atoms with van der Waals surface area (Å²) in [6.45, 7) is 1.15. The Morgan fingerprint density at radius 2 is 1.60 bits per heavy atom. The van der Waals surface area contributed by atoms with Gasteiger partial charge < -0.3 is 37.4 Å². The summed E-state index contributed by atoms with van der Waals surface area (Å²) in [5, 5.41) is 27.8. The van der Waals surface area contributed by atoms with Crippen molar-refractivity contribution in [3.05, 3.63) is 69.8 Å². The number of likely N-dealkylation sites (tertiary alicyclic amines) is 1. The van der Waals surface area contributed by atoms with Gasteiger partial charge in [0.25, 0.3) is 5.69 Å². The Hall–Kier alpha value is -5.05. The van der Waals surface area contributed by atoms with Crippen molar-refractivity contribution in [2.75, 3.05) is 13.1 Å². The van der Waals surface area contributed by atoms with Crippen LogP contribution in [0.5, 0.6) is 5.75 Å². The molecule has 0 aromatic heterocycles. The highest BCUT2D eigenvalue weighted by Crippen LogP contribution is 2.20. The minimum atomic E-state index is -1.15. The lowest BCUT2D eigenvalue weighted by Gasteiger charge is -2.28. The second-order valence-corrected chi connectivity index (χ2v) is 10.3. The van der Waals surface area contributed by atoms with Crippen molar-refractivity contribution in [1.29, 1.82) is 0 Å².